The Bertz CT molecular complexity index is 339. The summed E-state index contributed by atoms with van der Waals surface area (Å²) in [5.74, 6) is 1.85. The third-order valence-electron chi connectivity index (χ3n) is 3.86. The number of likely N-dealkylation sites (tertiary alicyclic amines) is 1. The molecular formula is C14H26N4. The summed E-state index contributed by atoms with van der Waals surface area (Å²) in [7, 11) is 0. The van der Waals surface area contributed by atoms with E-state index >= 15 is 0 Å². The first kappa shape index (κ1) is 13.4. The van der Waals surface area contributed by atoms with Gasteiger partial charge in [-0.2, -0.15) is 0 Å². The van der Waals surface area contributed by atoms with Crippen molar-refractivity contribution in [3.05, 3.63) is 12.4 Å². The second-order valence-corrected chi connectivity index (χ2v) is 5.21. The Kier molecular flexibility index (Phi) is 5.05. The van der Waals surface area contributed by atoms with Gasteiger partial charge in [0.15, 0.2) is 0 Å². The van der Waals surface area contributed by atoms with E-state index in [1.165, 1.54) is 32.5 Å². The van der Waals surface area contributed by atoms with E-state index in [2.05, 4.69) is 39.8 Å². The van der Waals surface area contributed by atoms with Crippen molar-refractivity contribution in [2.75, 3.05) is 31.5 Å². The van der Waals surface area contributed by atoms with Crippen molar-refractivity contribution in [2.24, 2.45) is 5.92 Å². The van der Waals surface area contributed by atoms with Crippen molar-refractivity contribution >= 4 is 5.95 Å². The Morgan fingerprint density at radius 3 is 2.78 bits per heavy atom. The Balaban J connectivity index is 1.84. The molecular weight excluding hydrogens is 224 g/mol. The van der Waals surface area contributed by atoms with E-state index in [4.69, 9.17) is 0 Å². The molecule has 0 spiro atoms. The van der Waals surface area contributed by atoms with Crippen LogP contribution in [0.3, 0.4) is 0 Å². The second kappa shape index (κ2) is 6.78. The molecule has 1 N–H and O–H groups in total. The molecule has 0 bridgehead atoms. The fourth-order valence-electron chi connectivity index (χ4n) is 2.62. The van der Waals surface area contributed by atoms with Gasteiger partial charge >= 0.3 is 0 Å². The van der Waals surface area contributed by atoms with Crippen molar-refractivity contribution < 1.29 is 0 Å². The summed E-state index contributed by atoms with van der Waals surface area (Å²) in [6.45, 7) is 10.3. The van der Waals surface area contributed by atoms with Gasteiger partial charge in [0, 0.05) is 25.5 Å². The van der Waals surface area contributed by atoms with Crippen LogP contribution in [-0.4, -0.2) is 40.6 Å². The Morgan fingerprint density at radius 2 is 2.11 bits per heavy atom. The van der Waals surface area contributed by atoms with E-state index in [0.717, 1.165) is 31.4 Å². The summed E-state index contributed by atoms with van der Waals surface area (Å²) < 4.78 is 2.28. The van der Waals surface area contributed by atoms with E-state index in [0.29, 0.717) is 0 Å². The van der Waals surface area contributed by atoms with E-state index < -0.39 is 0 Å². The predicted molar refractivity (Wildman–Crippen MR) is 75.8 cm³/mol. The van der Waals surface area contributed by atoms with Crippen LogP contribution in [0.5, 0.6) is 0 Å². The fraction of sp³-hybridized carbons (Fsp3) is 0.786. The normalized spacial score (nSPS) is 18.1. The third-order valence-corrected chi connectivity index (χ3v) is 3.86. The van der Waals surface area contributed by atoms with Crippen LogP contribution < -0.4 is 5.32 Å². The number of nitrogens with one attached hydrogen (secondary N) is 1. The van der Waals surface area contributed by atoms with Gasteiger partial charge in [-0.25, -0.2) is 4.98 Å². The van der Waals surface area contributed by atoms with Gasteiger partial charge < -0.3 is 14.8 Å². The fourth-order valence-corrected chi connectivity index (χ4v) is 2.62. The lowest BCUT2D eigenvalue weighted by Gasteiger charge is -2.31. The van der Waals surface area contributed by atoms with E-state index in [9.17, 15) is 0 Å². The highest BCUT2D eigenvalue weighted by atomic mass is 15.2. The lowest BCUT2D eigenvalue weighted by Crippen LogP contribution is -2.34. The zero-order valence-corrected chi connectivity index (χ0v) is 11.7. The molecule has 0 radical (unpaired) electrons. The van der Waals surface area contributed by atoms with Gasteiger partial charge in [-0.1, -0.05) is 13.8 Å². The molecule has 1 fully saturated rings. The molecule has 0 atom stereocenters. The molecule has 0 amide bonds. The first-order valence-electron chi connectivity index (χ1n) is 7.30. The molecule has 0 saturated carbocycles. The molecule has 0 aliphatic carbocycles. The van der Waals surface area contributed by atoms with E-state index in [1.54, 1.807) is 0 Å². The van der Waals surface area contributed by atoms with Crippen molar-refractivity contribution in [3.8, 4) is 0 Å². The number of rotatable bonds is 6. The maximum Gasteiger partial charge on any atom is 0.202 e. The Morgan fingerprint density at radius 1 is 1.33 bits per heavy atom. The highest BCUT2D eigenvalue weighted by Gasteiger charge is 2.19. The summed E-state index contributed by atoms with van der Waals surface area (Å²) in [5, 5.41) is 3.39. The third kappa shape index (κ3) is 3.48. The van der Waals surface area contributed by atoms with Gasteiger partial charge in [0.05, 0.1) is 0 Å². The largest absolute Gasteiger partial charge is 0.356 e. The lowest BCUT2D eigenvalue weighted by atomic mass is 9.97. The molecule has 2 heterocycles. The van der Waals surface area contributed by atoms with E-state index in [1.807, 2.05) is 6.20 Å². The minimum Gasteiger partial charge on any atom is -0.356 e. The van der Waals surface area contributed by atoms with E-state index in [-0.39, 0.29) is 0 Å². The maximum absolute atomic E-state index is 4.39. The summed E-state index contributed by atoms with van der Waals surface area (Å²) in [6.07, 6.45) is 7.78. The second-order valence-electron chi connectivity index (χ2n) is 5.21. The average molecular weight is 250 g/mol. The van der Waals surface area contributed by atoms with Crippen LogP contribution in [0.2, 0.25) is 0 Å². The molecule has 0 aromatic carbocycles. The van der Waals surface area contributed by atoms with Gasteiger partial charge in [0.2, 0.25) is 5.95 Å². The van der Waals surface area contributed by atoms with Crippen molar-refractivity contribution in [2.45, 2.75) is 39.7 Å². The summed E-state index contributed by atoms with van der Waals surface area (Å²) >= 11 is 0. The van der Waals surface area contributed by atoms with Crippen LogP contribution >= 0.6 is 0 Å². The number of aromatic nitrogens is 2. The molecule has 2 rings (SSSR count). The molecule has 1 aromatic heterocycles. The quantitative estimate of drug-likeness (QED) is 0.842. The molecule has 1 aliphatic heterocycles. The first-order valence-corrected chi connectivity index (χ1v) is 7.30. The molecule has 1 saturated heterocycles. The Hall–Kier alpha value is -1.03. The van der Waals surface area contributed by atoms with Crippen LogP contribution in [0.1, 0.15) is 33.1 Å². The van der Waals surface area contributed by atoms with Crippen LogP contribution in [0.15, 0.2) is 12.4 Å². The van der Waals surface area contributed by atoms with Gasteiger partial charge in [-0.05, 0) is 44.8 Å². The molecule has 102 valence electrons. The zero-order chi connectivity index (χ0) is 12.8. The molecule has 18 heavy (non-hydrogen) atoms. The number of imidazole rings is 1. The lowest BCUT2D eigenvalue weighted by molar-refractivity contribution is 0.181. The average Bonchev–Trinajstić information content (AvgIpc) is 2.84. The number of hydrogen-bond acceptors (Lipinski definition) is 3. The van der Waals surface area contributed by atoms with Crippen LogP contribution in [0.4, 0.5) is 5.95 Å². The zero-order valence-electron chi connectivity index (χ0n) is 11.7. The van der Waals surface area contributed by atoms with Gasteiger partial charge in [-0.15, -0.1) is 0 Å². The smallest absolute Gasteiger partial charge is 0.202 e. The number of hydrogen-bond donors (Lipinski definition) is 1. The number of nitrogens with zero attached hydrogens (tertiary/aromatic N) is 3. The van der Waals surface area contributed by atoms with Crippen molar-refractivity contribution in [3.63, 3.8) is 0 Å². The highest BCUT2D eigenvalue weighted by molar-refractivity contribution is 5.25. The van der Waals surface area contributed by atoms with Crippen molar-refractivity contribution in [1.82, 2.24) is 14.5 Å². The van der Waals surface area contributed by atoms with Gasteiger partial charge in [0.25, 0.3) is 0 Å². The van der Waals surface area contributed by atoms with Crippen LogP contribution in [0.25, 0.3) is 0 Å². The first-order chi connectivity index (χ1) is 8.83. The molecule has 1 aliphatic rings. The Labute approximate surface area is 110 Å². The molecule has 4 heteroatoms. The summed E-state index contributed by atoms with van der Waals surface area (Å²) in [6, 6.07) is 0. The van der Waals surface area contributed by atoms with Gasteiger partial charge in [-0.3, -0.25) is 0 Å². The van der Waals surface area contributed by atoms with Gasteiger partial charge in [0.1, 0.15) is 0 Å². The standard InChI is InChI=1S/C14H26N4/c1-3-7-15-14-16-8-11-18(14)12-13-5-9-17(4-2)10-6-13/h8,11,13H,3-7,9-10,12H2,1-2H3,(H,15,16). The van der Waals surface area contributed by atoms with Crippen LogP contribution in [0, 0.1) is 5.92 Å². The molecule has 4 nitrogen and oxygen atoms in total. The summed E-state index contributed by atoms with van der Waals surface area (Å²) in [4.78, 5) is 6.93. The summed E-state index contributed by atoms with van der Waals surface area (Å²) in [5.41, 5.74) is 0. The number of piperidine rings is 1. The van der Waals surface area contributed by atoms with Crippen LogP contribution in [-0.2, 0) is 6.54 Å². The molecule has 1 aromatic rings. The SMILES string of the molecule is CCCNc1nccn1CC1CCN(CC)CC1. The minimum absolute atomic E-state index is 0.809. The number of anilines is 1. The minimum atomic E-state index is 0.809. The maximum atomic E-state index is 4.39. The molecule has 0 unspecified atom stereocenters. The monoisotopic (exact) mass is 250 g/mol. The highest BCUT2D eigenvalue weighted by Crippen LogP contribution is 2.20. The topological polar surface area (TPSA) is 33.1 Å². The predicted octanol–water partition coefficient (Wildman–Crippen LogP) is 2.44. The van der Waals surface area contributed by atoms with Crippen molar-refractivity contribution in [1.29, 1.82) is 0 Å².